The van der Waals surface area contributed by atoms with Gasteiger partial charge in [0.05, 0.1) is 6.04 Å². The Balaban J connectivity index is 1.85. The highest BCUT2D eigenvalue weighted by molar-refractivity contribution is 7.09. The normalized spacial score (nSPS) is 18.5. The summed E-state index contributed by atoms with van der Waals surface area (Å²) in [5.41, 5.74) is -0.427. The van der Waals surface area contributed by atoms with Crippen LogP contribution in [-0.4, -0.2) is 52.7 Å². The van der Waals surface area contributed by atoms with E-state index >= 15 is 0 Å². The van der Waals surface area contributed by atoms with Crippen LogP contribution in [0.5, 0.6) is 0 Å². The van der Waals surface area contributed by atoms with Gasteiger partial charge in [-0.1, -0.05) is 0 Å². The summed E-state index contributed by atoms with van der Waals surface area (Å²) in [6.45, 7) is 9.42. The van der Waals surface area contributed by atoms with Gasteiger partial charge in [0.2, 0.25) is 0 Å². The van der Waals surface area contributed by atoms with Crippen molar-refractivity contribution in [1.82, 2.24) is 14.8 Å². The number of carbonyl (C=O) groups is 1. The highest BCUT2D eigenvalue weighted by Crippen LogP contribution is 2.27. The van der Waals surface area contributed by atoms with Crippen molar-refractivity contribution in [2.24, 2.45) is 0 Å². The van der Waals surface area contributed by atoms with E-state index in [4.69, 9.17) is 4.74 Å². The summed E-state index contributed by atoms with van der Waals surface area (Å²) < 4.78 is 5.44. The standard InChI is InChI=1S/C16H27N3O2S/c1-12(14-17-8-11-22-14)18(5)13-6-9-19(10-7-13)15(20)21-16(2,3)4/h8,11-13H,6-7,9-10H2,1-5H3/t12-/m0/s1. The summed E-state index contributed by atoms with van der Waals surface area (Å²) in [4.78, 5) is 20.7. The van der Waals surface area contributed by atoms with E-state index in [-0.39, 0.29) is 6.09 Å². The van der Waals surface area contributed by atoms with E-state index in [1.54, 1.807) is 11.3 Å². The fraction of sp³-hybridized carbons (Fsp3) is 0.750. The van der Waals surface area contributed by atoms with Gasteiger partial charge in [-0.15, -0.1) is 11.3 Å². The zero-order valence-electron chi connectivity index (χ0n) is 14.2. The van der Waals surface area contributed by atoms with Crippen LogP contribution in [-0.2, 0) is 4.74 Å². The highest BCUT2D eigenvalue weighted by atomic mass is 32.1. The van der Waals surface area contributed by atoms with Crippen LogP contribution < -0.4 is 0 Å². The predicted octanol–water partition coefficient (Wildman–Crippen LogP) is 3.54. The molecule has 0 aliphatic carbocycles. The third-order valence-electron chi connectivity index (χ3n) is 4.11. The average molecular weight is 325 g/mol. The Kier molecular flexibility index (Phi) is 5.45. The molecule has 1 aliphatic heterocycles. The van der Waals surface area contributed by atoms with Crippen molar-refractivity contribution < 1.29 is 9.53 Å². The maximum absolute atomic E-state index is 12.1. The largest absolute Gasteiger partial charge is 0.444 e. The number of aromatic nitrogens is 1. The quantitative estimate of drug-likeness (QED) is 0.853. The number of piperidine rings is 1. The second-order valence-corrected chi connectivity index (χ2v) is 7.84. The molecule has 5 nitrogen and oxygen atoms in total. The number of rotatable bonds is 3. The third-order valence-corrected chi connectivity index (χ3v) is 5.06. The number of hydrogen-bond donors (Lipinski definition) is 0. The van der Waals surface area contributed by atoms with Crippen molar-refractivity contribution in [3.05, 3.63) is 16.6 Å². The first-order valence-corrected chi connectivity index (χ1v) is 8.75. The van der Waals surface area contributed by atoms with E-state index in [0.29, 0.717) is 12.1 Å². The fourth-order valence-electron chi connectivity index (χ4n) is 2.71. The van der Waals surface area contributed by atoms with E-state index in [1.807, 2.05) is 37.2 Å². The van der Waals surface area contributed by atoms with Crippen LogP contribution in [0.4, 0.5) is 4.79 Å². The number of thiazole rings is 1. The molecule has 0 spiro atoms. The van der Waals surface area contributed by atoms with Gasteiger partial charge in [0.1, 0.15) is 10.6 Å². The van der Waals surface area contributed by atoms with E-state index < -0.39 is 5.60 Å². The predicted molar refractivity (Wildman–Crippen MR) is 89.1 cm³/mol. The second kappa shape index (κ2) is 6.96. The summed E-state index contributed by atoms with van der Waals surface area (Å²) in [6.07, 6.45) is 3.62. The SMILES string of the molecule is C[C@@H](c1nccs1)N(C)C1CCN(C(=O)OC(C)(C)C)CC1. The number of hydrogen-bond acceptors (Lipinski definition) is 5. The van der Waals surface area contributed by atoms with Crippen molar-refractivity contribution >= 4 is 17.4 Å². The van der Waals surface area contributed by atoms with E-state index in [9.17, 15) is 4.79 Å². The van der Waals surface area contributed by atoms with Crippen LogP contribution in [0.15, 0.2) is 11.6 Å². The number of nitrogens with zero attached hydrogens (tertiary/aromatic N) is 3. The molecule has 0 bridgehead atoms. The Morgan fingerprint density at radius 1 is 1.45 bits per heavy atom. The topological polar surface area (TPSA) is 45.7 Å². The lowest BCUT2D eigenvalue weighted by molar-refractivity contribution is 0.0137. The van der Waals surface area contributed by atoms with E-state index in [1.165, 1.54) is 0 Å². The van der Waals surface area contributed by atoms with Crippen LogP contribution in [0, 0.1) is 0 Å². The van der Waals surface area contributed by atoms with Gasteiger partial charge in [-0.05, 0) is 47.6 Å². The Morgan fingerprint density at radius 3 is 2.59 bits per heavy atom. The number of ether oxygens (including phenoxy) is 1. The molecule has 1 aliphatic rings. The van der Waals surface area contributed by atoms with Gasteiger partial charge in [-0.25, -0.2) is 9.78 Å². The molecule has 1 aromatic rings. The second-order valence-electron chi connectivity index (χ2n) is 6.91. The molecule has 1 fully saturated rings. The van der Waals surface area contributed by atoms with Gasteiger partial charge in [-0.3, -0.25) is 4.90 Å². The molecule has 1 saturated heterocycles. The molecule has 1 amide bonds. The maximum atomic E-state index is 12.1. The fourth-order valence-corrected chi connectivity index (χ4v) is 3.46. The smallest absolute Gasteiger partial charge is 0.410 e. The summed E-state index contributed by atoms with van der Waals surface area (Å²) in [7, 11) is 2.15. The number of carbonyl (C=O) groups excluding carboxylic acids is 1. The van der Waals surface area contributed by atoms with Crippen molar-refractivity contribution in [1.29, 1.82) is 0 Å². The lowest BCUT2D eigenvalue weighted by Crippen LogP contribution is -2.47. The molecular formula is C16H27N3O2S. The Morgan fingerprint density at radius 2 is 2.09 bits per heavy atom. The maximum Gasteiger partial charge on any atom is 0.410 e. The minimum Gasteiger partial charge on any atom is -0.444 e. The van der Waals surface area contributed by atoms with Gasteiger partial charge in [0.25, 0.3) is 0 Å². The van der Waals surface area contributed by atoms with Crippen molar-refractivity contribution in [3.63, 3.8) is 0 Å². The first kappa shape index (κ1) is 17.2. The number of likely N-dealkylation sites (tertiary alicyclic amines) is 1. The molecule has 2 heterocycles. The van der Waals surface area contributed by atoms with Gasteiger partial charge in [-0.2, -0.15) is 0 Å². The summed E-state index contributed by atoms with van der Waals surface area (Å²) in [5, 5.41) is 3.17. The van der Waals surface area contributed by atoms with Gasteiger partial charge >= 0.3 is 6.09 Å². The van der Waals surface area contributed by atoms with E-state index in [0.717, 1.165) is 30.9 Å². The number of amides is 1. The molecule has 1 aromatic heterocycles. The van der Waals surface area contributed by atoms with Crippen LogP contribution in [0.2, 0.25) is 0 Å². The van der Waals surface area contributed by atoms with Gasteiger partial charge in [0.15, 0.2) is 0 Å². The van der Waals surface area contributed by atoms with Crippen LogP contribution in [0.3, 0.4) is 0 Å². The monoisotopic (exact) mass is 325 g/mol. The Hall–Kier alpha value is -1.14. The molecule has 124 valence electrons. The van der Waals surface area contributed by atoms with Gasteiger partial charge < -0.3 is 9.64 Å². The molecule has 2 rings (SSSR count). The van der Waals surface area contributed by atoms with Crippen molar-refractivity contribution in [3.8, 4) is 0 Å². The molecule has 1 atom stereocenters. The van der Waals surface area contributed by atoms with Crippen molar-refractivity contribution in [2.75, 3.05) is 20.1 Å². The summed E-state index contributed by atoms with van der Waals surface area (Å²) >= 11 is 1.70. The van der Waals surface area contributed by atoms with Crippen molar-refractivity contribution in [2.45, 2.75) is 58.2 Å². The molecule has 6 heteroatoms. The molecule has 0 saturated carbocycles. The average Bonchev–Trinajstić information content (AvgIpc) is 2.98. The first-order chi connectivity index (χ1) is 10.3. The molecule has 0 N–H and O–H groups in total. The first-order valence-electron chi connectivity index (χ1n) is 7.87. The minimum atomic E-state index is -0.427. The highest BCUT2D eigenvalue weighted by Gasteiger charge is 2.30. The van der Waals surface area contributed by atoms with Crippen LogP contribution >= 0.6 is 11.3 Å². The zero-order chi connectivity index (χ0) is 16.3. The Labute approximate surface area is 137 Å². The third kappa shape index (κ3) is 4.43. The molecule has 22 heavy (non-hydrogen) atoms. The summed E-state index contributed by atoms with van der Waals surface area (Å²) in [5.74, 6) is 0. The molecule has 0 radical (unpaired) electrons. The zero-order valence-corrected chi connectivity index (χ0v) is 15.0. The van der Waals surface area contributed by atoms with Gasteiger partial charge in [0, 0.05) is 30.7 Å². The van der Waals surface area contributed by atoms with Crippen LogP contribution in [0.1, 0.15) is 51.6 Å². The molecule has 0 aromatic carbocycles. The Bertz CT molecular complexity index is 476. The minimum absolute atomic E-state index is 0.193. The summed E-state index contributed by atoms with van der Waals surface area (Å²) in [6, 6.07) is 0.802. The van der Waals surface area contributed by atoms with Crippen LogP contribution in [0.25, 0.3) is 0 Å². The molecular weight excluding hydrogens is 298 g/mol. The lowest BCUT2D eigenvalue weighted by Gasteiger charge is -2.39. The molecule has 0 unspecified atom stereocenters. The lowest BCUT2D eigenvalue weighted by atomic mass is 10.0. The van der Waals surface area contributed by atoms with E-state index in [2.05, 4.69) is 23.9 Å².